The van der Waals surface area contributed by atoms with Gasteiger partial charge in [0.25, 0.3) is 5.91 Å². The topological polar surface area (TPSA) is 93.6 Å². The molecule has 0 bridgehead atoms. The number of rotatable bonds is 7. The maximum atomic E-state index is 13.6. The number of hydrogen-bond donors (Lipinski definition) is 1. The summed E-state index contributed by atoms with van der Waals surface area (Å²) in [5.74, 6) is 0.598. The van der Waals surface area contributed by atoms with E-state index in [2.05, 4.69) is 4.90 Å². The van der Waals surface area contributed by atoms with Gasteiger partial charge in [-0.25, -0.2) is 0 Å². The van der Waals surface area contributed by atoms with Crippen molar-refractivity contribution in [1.82, 2.24) is 19.6 Å². The molecule has 3 amide bonds. The highest BCUT2D eigenvalue weighted by molar-refractivity contribution is 6.06. The van der Waals surface area contributed by atoms with Crippen molar-refractivity contribution in [3.63, 3.8) is 0 Å². The number of amides is 3. The van der Waals surface area contributed by atoms with Gasteiger partial charge in [0.05, 0.1) is 19.3 Å². The number of hydrogen-bond acceptors (Lipinski definition) is 7. The summed E-state index contributed by atoms with van der Waals surface area (Å²) in [6, 6.07) is 7.44. The molecule has 0 aliphatic carbocycles. The smallest absolute Gasteiger partial charge is 0.252 e. The molecule has 1 aromatic carbocycles. The number of aliphatic hydroxyl groups excluding tert-OH is 1. The zero-order valence-corrected chi connectivity index (χ0v) is 19.1. The van der Waals surface area contributed by atoms with Crippen molar-refractivity contribution in [1.29, 1.82) is 0 Å². The van der Waals surface area contributed by atoms with E-state index in [4.69, 9.17) is 4.74 Å². The summed E-state index contributed by atoms with van der Waals surface area (Å²) in [6.45, 7) is 3.80. The maximum Gasteiger partial charge on any atom is 0.252 e. The Morgan fingerprint density at radius 3 is 2.55 bits per heavy atom. The van der Waals surface area contributed by atoms with Crippen LogP contribution in [0.15, 0.2) is 24.3 Å². The first-order valence-electron chi connectivity index (χ1n) is 11.8. The molecule has 0 aromatic heterocycles. The molecule has 4 aliphatic rings. The molecule has 178 valence electrons. The molecule has 9 nitrogen and oxygen atoms in total. The largest absolute Gasteiger partial charge is 0.497 e. The van der Waals surface area contributed by atoms with Crippen LogP contribution in [0, 0.1) is 0 Å². The number of aliphatic hydroxyl groups is 1. The minimum atomic E-state index is -0.758. The van der Waals surface area contributed by atoms with E-state index in [0.29, 0.717) is 58.5 Å². The number of β-amino-alcohol motifs (C(OH)–C–C–N with tert-alkyl or cyclic N) is 1. The van der Waals surface area contributed by atoms with Crippen LogP contribution in [-0.2, 0) is 20.9 Å². The lowest BCUT2D eigenvalue weighted by Crippen LogP contribution is -2.81. The van der Waals surface area contributed by atoms with Gasteiger partial charge in [0, 0.05) is 52.2 Å². The Labute approximate surface area is 193 Å². The van der Waals surface area contributed by atoms with Gasteiger partial charge in [-0.2, -0.15) is 0 Å². The molecule has 4 aliphatic heterocycles. The van der Waals surface area contributed by atoms with Crippen LogP contribution in [0.3, 0.4) is 0 Å². The third-order valence-electron chi connectivity index (χ3n) is 7.54. The summed E-state index contributed by atoms with van der Waals surface area (Å²) >= 11 is 0. The van der Waals surface area contributed by atoms with Gasteiger partial charge < -0.3 is 14.7 Å². The van der Waals surface area contributed by atoms with Crippen LogP contribution in [0.1, 0.15) is 31.2 Å². The number of carbonyl (C=O) groups is 3. The third kappa shape index (κ3) is 3.92. The number of carbonyl (C=O) groups excluding carboxylic acids is 3. The average Bonchev–Trinajstić information content (AvgIpc) is 3.38. The SMILES string of the molecule is COc1ccc(CN2CC3(C2)C(=O)N(CCCN2CCCC2=O)C(=O)[C@@H]2C[C@@H](O)CN23)cc1. The lowest BCUT2D eigenvalue weighted by atomic mass is 9.82. The zero-order chi connectivity index (χ0) is 23.2. The average molecular weight is 457 g/mol. The van der Waals surface area contributed by atoms with Crippen molar-refractivity contribution >= 4 is 17.7 Å². The second-order valence-electron chi connectivity index (χ2n) is 9.72. The fourth-order valence-corrected chi connectivity index (χ4v) is 5.86. The van der Waals surface area contributed by atoms with Gasteiger partial charge in [0.15, 0.2) is 0 Å². The van der Waals surface area contributed by atoms with Gasteiger partial charge in [-0.15, -0.1) is 0 Å². The highest BCUT2D eigenvalue weighted by atomic mass is 16.5. The van der Waals surface area contributed by atoms with Crippen molar-refractivity contribution < 1.29 is 24.2 Å². The Morgan fingerprint density at radius 2 is 1.88 bits per heavy atom. The summed E-state index contributed by atoms with van der Waals surface area (Å²) < 4.78 is 5.22. The van der Waals surface area contributed by atoms with E-state index < -0.39 is 17.7 Å². The third-order valence-corrected chi connectivity index (χ3v) is 7.54. The predicted molar refractivity (Wildman–Crippen MR) is 119 cm³/mol. The number of ether oxygens (including phenoxy) is 1. The van der Waals surface area contributed by atoms with E-state index in [1.807, 2.05) is 34.1 Å². The molecule has 5 rings (SSSR count). The lowest BCUT2D eigenvalue weighted by Gasteiger charge is -2.58. The second-order valence-corrected chi connectivity index (χ2v) is 9.72. The first-order valence-corrected chi connectivity index (χ1v) is 11.8. The number of methoxy groups -OCH3 is 1. The van der Waals surface area contributed by atoms with Gasteiger partial charge in [-0.1, -0.05) is 12.1 Å². The second kappa shape index (κ2) is 8.70. The number of nitrogens with zero attached hydrogens (tertiary/aromatic N) is 4. The zero-order valence-electron chi connectivity index (χ0n) is 19.1. The van der Waals surface area contributed by atoms with Crippen molar-refractivity contribution in [2.45, 2.75) is 49.9 Å². The van der Waals surface area contributed by atoms with Crippen LogP contribution in [0.2, 0.25) is 0 Å². The molecule has 33 heavy (non-hydrogen) atoms. The van der Waals surface area contributed by atoms with Crippen molar-refractivity contribution in [3.05, 3.63) is 29.8 Å². The van der Waals surface area contributed by atoms with Gasteiger partial charge in [0.1, 0.15) is 11.3 Å². The molecule has 0 radical (unpaired) electrons. The Balaban J connectivity index is 1.27. The molecule has 4 heterocycles. The maximum absolute atomic E-state index is 13.6. The van der Waals surface area contributed by atoms with Gasteiger partial charge in [0.2, 0.25) is 11.8 Å². The highest BCUT2D eigenvalue weighted by Crippen LogP contribution is 2.41. The van der Waals surface area contributed by atoms with E-state index in [1.54, 1.807) is 7.11 Å². The highest BCUT2D eigenvalue weighted by Gasteiger charge is 2.64. The van der Waals surface area contributed by atoms with E-state index in [9.17, 15) is 19.5 Å². The van der Waals surface area contributed by atoms with Crippen LogP contribution in [0.4, 0.5) is 0 Å². The molecule has 1 N–H and O–H groups in total. The summed E-state index contributed by atoms with van der Waals surface area (Å²) in [6.07, 6.45) is 1.82. The summed E-state index contributed by atoms with van der Waals surface area (Å²) in [5, 5.41) is 10.3. The monoisotopic (exact) mass is 456 g/mol. The molecular weight excluding hydrogens is 424 g/mol. The quantitative estimate of drug-likeness (QED) is 0.580. The molecule has 1 spiro atoms. The van der Waals surface area contributed by atoms with E-state index >= 15 is 0 Å². The molecule has 4 fully saturated rings. The Bertz CT molecular complexity index is 929. The van der Waals surface area contributed by atoms with Crippen molar-refractivity contribution in [2.75, 3.05) is 46.4 Å². The Morgan fingerprint density at radius 1 is 1.12 bits per heavy atom. The Kier molecular flexibility index (Phi) is 5.88. The van der Waals surface area contributed by atoms with Crippen molar-refractivity contribution in [2.24, 2.45) is 0 Å². The molecule has 1 aromatic rings. The summed E-state index contributed by atoms with van der Waals surface area (Å²) in [4.78, 5) is 46.0. The molecule has 0 unspecified atom stereocenters. The standard InChI is InChI=1S/C24H32N4O5/c1-33-19-7-5-17(6-8-19)13-25-15-24(16-25)23(32)27(11-3-10-26-9-2-4-21(26)30)22(31)20-12-18(29)14-28(20)24/h5-8,18,20,29H,2-4,9-16H2,1H3/t18-,20+/m1/s1. The number of piperazine rings is 1. The van der Waals surface area contributed by atoms with Crippen LogP contribution in [0.5, 0.6) is 5.75 Å². The van der Waals surface area contributed by atoms with Gasteiger partial charge in [-0.05, 0) is 37.0 Å². The predicted octanol–water partition coefficient (Wildman–Crippen LogP) is 0.0661. The van der Waals surface area contributed by atoms with Gasteiger partial charge >= 0.3 is 0 Å². The first-order chi connectivity index (χ1) is 15.9. The number of fused-ring (bicyclic) bond motifs is 2. The van der Waals surface area contributed by atoms with E-state index in [1.165, 1.54) is 4.90 Å². The summed E-state index contributed by atoms with van der Waals surface area (Å²) in [5.41, 5.74) is 0.376. The molecule has 2 atom stereocenters. The lowest BCUT2D eigenvalue weighted by molar-refractivity contribution is -0.180. The molecule has 9 heteroatoms. The van der Waals surface area contributed by atoms with Crippen molar-refractivity contribution in [3.8, 4) is 5.75 Å². The fourth-order valence-electron chi connectivity index (χ4n) is 5.86. The number of imide groups is 1. The van der Waals surface area contributed by atoms with Crippen LogP contribution >= 0.6 is 0 Å². The summed E-state index contributed by atoms with van der Waals surface area (Å²) in [7, 11) is 1.64. The minimum absolute atomic E-state index is 0.154. The fraction of sp³-hybridized carbons (Fsp3) is 0.625. The normalized spacial score (nSPS) is 27.4. The van der Waals surface area contributed by atoms with E-state index in [-0.39, 0.29) is 17.7 Å². The first kappa shape index (κ1) is 22.3. The van der Waals surface area contributed by atoms with Crippen LogP contribution in [0.25, 0.3) is 0 Å². The molecular formula is C24H32N4O5. The van der Waals surface area contributed by atoms with Crippen LogP contribution in [-0.4, -0.2) is 106 Å². The Hall–Kier alpha value is -2.49. The minimum Gasteiger partial charge on any atom is -0.497 e. The van der Waals surface area contributed by atoms with Gasteiger partial charge in [-0.3, -0.25) is 29.1 Å². The van der Waals surface area contributed by atoms with Crippen LogP contribution < -0.4 is 4.74 Å². The molecule has 0 saturated carbocycles. The van der Waals surface area contributed by atoms with E-state index in [0.717, 1.165) is 24.3 Å². The molecule has 4 saturated heterocycles. The number of benzene rings is 1. The number of likely N-dealkylation sites (tertiary alicyclic amines) is 2.